The maximum atomic E-state index is 13.7. The van der Waals surface area contributed by atoms with E-state index in [1.807, 2.05) is 0 Å². The number of hydrogen-bond donors (Lipinski definition) is 0. The van der Waals surface area contributed by atoms with Gasteiger partial charge in [-0.2, -0.15) is 17.5 Å². The number of anilines is 1. The number of sulfonamides is 1. The molecule has 0 bridgehead atoms. The van der Waals surface area contributed by atoms with Crippen LogP contribution in [0.3, 0.4) is 0 Å². The topological polar surface area (TPSA) is 75.6 Å². The van der Waals surface area contributed by atoms with Crippen LogP contribution >= 0.6 is 11.6 Å². The van der Waals surface area contributed by atoms with Crippen LogP contribution in [0.25, 0.3) is 11.0 Å². The van der Waals surface area contributed by atoms with Crippen molar-refractivity contribution >= 4 is 38.5 Å². The van der Waals surface area contributed by atoms with Gasteiger partial charge in [0.05, 0.1) is 18.1 Å². The van der Waals surface area contributed by atoms with Crippen molar-refractivity contribution in [2.75, 3.05) is 38.2 Å². The molecule has 2 heterocycles. The van der Waals surface area contributed by atoms with Gasteiger partial charge in [0, 0.05) is 31.2 Å². The Balaban J connectivity index is 1.63. The molecule has 1 fully saturated rings. The van der Waals surface area contributed by atoms with Gasteiger partial charge in [-0.15, -0.1) is 0 Å². The van der Waals surface area contributed by atoms with E-state index in [1.165, 1.54) is 40.6 Å². The zero-order chi connectivity index (χ0) is 23.1. The highest BCUT2D eigenvalue weighted by Gasteiger charge is 2.40. The fourth-order valence-corrected chi connectivity index (χ4v) is 5.37. The summed E-state index contributed by atoms with van der Waals surface area (Å²) in [7, 11) is -2.62. The molecule has 7 nitrogen and oxygen atoms in total. The van der Waals surface area contributed by atoms with E-state index < -0.39 is 21.9 Å². The number of benzene rings is 2. The zero-order valence-electron chi connectivity index (χ0n) is 16.8. The molecule has 0 N–H and O–H groups in total. The lowest BCUT2D eigenvalue weighted by Crippen LogP contribution is -2.49. The summed E-state index contributed by atoms with van der Waals surface area (Å²) < 4.78 is 73.6. The summed E-state index contributed by atoms with van der Waals surface area (Å²) in [4.78, 5) is 9.28. The number of hydrogen-bond acceptors (Lipinski definition) is 6. The fraction of sp³-hybridized carbons (Fsp3) is 0.300. The number of piperazine rings is 1. The summed E-state index contributed by atoms with van der Waals surface area (Å²) in [5.74, 6) is -0.176. The molecular weight excluding hydrogens is 469 g/mol. The van der Waals surface area contributed by atoms with Crippen molar-refractivity contribution in [1.82, 2.24) is 14.3 Å². The highest BCUT2D eigenvalue weighted by atomic mass is 35.5. The van der Waals surface area contributed by atoms with Gasteiger partial charge in [-0.3, -0.25) is 0 Å². The quantitative estimate of drug-likeness (QED) is 0.558. The van der Waals surface area contributed by atoms with E-state index in [0.717, 1.165) is 0 Å². The first-order valence-corrected chi connectivity index (χ1v) is 11.4. The second-order valence-corrected chi connectivity index (χ2v) is 9.41. The van der Waals surface area contributed by atoms with E-state index >= 15 is 0 Å². The molecule has 4 rings (SSSR count). The van der Waals surface area contributed by atoms with Crippen LogP contribution in [-0.4, -0.2) is 56.0 Å². The Hall–Kier alpha value is -2.63. The van der Waals surface area contributed by atoms with Crippen LogP contribution in [0.4, 0.5) is 19.0 Å². The second-order valence-electron chi connectivity index (χ2n) is 7.07. The van der Waals surface area contributed by atoms with E-state index in [2.05, 4.69) is 9.97 Å². The largest absolute Gasteiger partial charge is 0.495 e. The van der Waals surface area contributed by atoms with E-state index in [4.69, 9.17) is 16.3 Å². The molecule has 1 saturated heterocycles. The normalized spacial score (nSPS) is 15.8. The standard InChI is InChI=1S/C20H18ClF3N4O3S/c1-31-16-7-6-13(21)12-17(16)32(29,30)28-10-8-27(9-11-28)19-18(20(22,23)24)25-14-4-2-3-5-15(14)26-19/h2-7,12H,8-11H2,1H3. The van der Waals surface area contributed by atoms with Crippen LogP contribution in [0.5, 0.6) is 5.75 Å². The van der Waals surface area contributed by atoms with Gasteiger partial charge in [0.2, 0.25) is 10.0 Å². The Morgan fingerprint density at radius 1 is 1.00 bits per heavy atom. The Labute approximate surface area is 187 Å². The summed E-state index contributed by atoms with van der Waals surface area (Å²) in [5.41, 5.74) is -0.629. The minimum absolute atomic E-state index is 0.0121. The molecule has 1 aliphatic heterocycles. The minimum atomic E-state index is -4.70. The number of methoxy groups -OCH3 is 1. The maximum absolute atomic E-state index is 13.7. The van der Waals surface area contributed by atoms with Gasteiger partial charge in [0.15, 0.2) is 11.5 Å². The number of para-hydroxylation sites is 2. The van der Waals surface area contributed by atoms with Crippen LogP contribution in [0.2, 0.25) is 5.02 Å². The molecule has 12 heteroatoms. The molecule has 0 unspecified atom stereocenters. The molecule has 3 aromatic rings. The summed E-state index contributed by atoms with van der Waals surface area (Å²) in [5, 5.41) is 0.226. The van der Waals surface area contributed by atoms with Crippen LogP contribution in [0, 0.1) is 0 Å². The van der Waals surface area contributed by atoms with Gasteiger partial charge >= 0.3 is 6.18 Å². The van der Waals surface area contributed by atoms with Gasteiger partial charge < -0.3 is 9.64 Å². The molecule has 0 radical (unpaired) electrons. The van der Waals surface area contributed by atoms with Crippen LogP contribution in [0.15, 0.2) is 47.4 Å². The van der Waals surface area contributed by atoms with Crippen molar-refractivity contribution in [2.45, 2.75) is 11.1 Å². The molecular formula is C20H18ClF3N4O3S. The van der Waals surface area contributed by atoms with Crippen molar-refractivity contribution in [3.63, 3.8) is 0 Å². The van der Waals surface area contributed by atoms with E-state index in [9.17, 15) is 21.6 Å². The third-order valence-corrected chi connectivity index (χ3v) is 7.26. The Kier molecular flexibility index (Phi) is 5.91. The Bertz CT molecular complexity index is 1260. The molecule has 170 valence electrons. The highest BCUT2D eigenvalue weighted by molar-refractivity contribution is 7.89. The number of rotatable bonds is 4. The van der Waals surface area contributed by atoms with E-state index in [-0.39, 0.29) is 53.2 Å². The summed E-state index contributed by atoms with van der Waals surface area (Å²) in [6.45, 7) is -0.0516. The number of halogens is 4. The van der Waals surface area contributed by atoms with Gasteiger partial charge in [0.1, 0.15) is 10.6 Å². The smallest absolute Gasteiger partial charge is 0.437 e. The lowest BCUT2D eigenvalue weighted by Gasteiger charge is -2.35. The van der Waals surface area contributed by atoms with Crippen molar-refractivity contribution < 1.29 is 26.3 Å². The van der Waals surface area contributed by atoms with Gasteiger partial charge in [0.25, 0.3) is 0 Å². The van der Waals surface area contributed by atoms with Crippen LogP contribution < -0.4 is 9.64 Å². The average molecular weight is 487 g/mol. The highest BCUT2D eigenvalue weighted by Crippen LogP contribution is 2.36. The first kappa shape index (κ1) is 22.6. The number of ether oxygens (including phenoxy) is 1. The first-order chi connectivity index (χ1) is 15.1. The molecule has 0 spiro atoms. The number of aromatic nitrogens is 2. The molecule has 0 atom stereocenters. The number of nitrogens with zero attached hydrogens (tertiary/aromatic N) is 4. The fourth-order valence-electron chi connectivity index (χ4n) is 3.53. The van der Waals surface area contributed by atoms with Gasteiger partial charge in [-0.25, -0.2) is 18.4 Å². The third kappa shape index (κ3) is 4.19. The van der Waals surface area contributed by atoms with Crippen LogP contribution in [-0.2, 0) is 16.2 Å². The van der Waals surface area contributed by atoms with Crippen LogP contribution in [0.1, 0.15) is 5.69 Å². The Morgan fingerprint density at radius 2 is 1.62 bits per heavy atom. The van der Waals surface area contributed by atoms with Crippen molar-refractivity contribution in [2.24, 2.45) is 0 Å². The van der Waals surface area contributed by atoms with Gasteiger partial charge in [-0.1, -0.05) is 23.7 Å². The average Bonchev–Trinajstić information content (AvgIpc) is 2.77. The molecule has 1 aliphatic rings. The molecule has 32 heavy (non-hydrogen) atoms. The summed E-state index contributed by atoms with van der Waals surface area (Å²) >= 11 is 5.96. The van der Waals surface area contributed by atoms with Crippen molar-refractivity contribution in [3.05, 3.63) is 53.2 Å². The van der Waals surface area contributed by atoms with Crippen molar-refractivity contribution in [1.29, 1.82) is 0 Å². The predicted molar refractivity (Wildman–Crippen MR) is 114 cm³/mol. The minimum Gasteiger partial charge on any atom is -0.495 e. The number of alkyl halides is 3. The summed E-state index contributed by atoms with van der Waals surface area (Å²) in [6, 6.07) is 10.5. The van der Waals surface area contributed by atoms with E-state index in [1.54, 1.807) is 18.2 Å². The van der Waals surface area contributed by atoms with E-state index in [0.29, 0.717) is 5.52 Å². The lowest BCUT2D eigenvalue weighted by molar-refractivity contribution is -0.140. The second kappa shape index (κ2) is 8.38. The monoisotopic (exact) mass is 486 g/mol. The zero-order valence-corrected chi connectivity index (χ0v) is 18.4. The third-order valence-electron chi connectivity index (χ3n) is 5.10. The number of fused-ring (bicyclic) bond motifs is 1. The molecule has 0 aliphatic carbocycles. The molecule has 2 aromatic carbocycles. The predicted octanol–water partition coefficient (Wildman–Crippen LogP) is 3.82. The van der Waals surface area contributed by atoms with Crippen molar-refractivity contribution in [3.8, 4) is 5.75 Å². The maximum Gasteiger partial charge on any atom is 0.437 e. The lowest BCUT2D eigenvalue weighted by atomic mass is 10.2. The molecule has 0 amide bonds. The first-order valence-electron chi connectivity index (χ1n) is 9.54. The molecule has 1 aromatic heterocycles. The summed E-state index contributed by atoms with van der Waals surface area (Å²) in [6.07, 6.45) is -4.70. The Morgan fingerprint density at radius 3 is 2.22 bits per heavy atom. The SMILES string of the molecule is COc1ccc(Cl)cc1S(=O)(=O)N1CCN(c2nc3ccccc3nc2C(F)(F)F)CC1. The molecule has 0 saturated carbocycles. The van der Waals surface area contributed by atoms with Gasteiger partial charge in [-0.05, 0) is 30.3 Å².